The molecule has 0 aromatic heterocycles. The quantitative estimate of drug-likeness (QED) is 0.866. The van der Waals surface area contributed by atoms with Crippen LogP contribution >= 0.6 is 15.9 Å². The van der Waals surface area contributed by atoms with Crippen LogP contribution in [0.5, 0.6) is 0 Å². The van der Waals surface area contributed by atoms with E-state index in [9.17, 15) is 9.50 Å². The number of hydrogen-bond acceptors (Lipinski definition) is 2. The maximum Gasteiger partial charge on any atom is 0.128 e. The third kappa shape index (κ3) is 3.88. The predicted octanol–water partition coefficient (Wildman–Crippen LogP) is 3.93. The molecule has 0 fully saturated rings. The minimum absolute atomic E-state index is 0.212. The van der Waals surface area contributed by atoms with E-state index in [1.807, 2.05) is 30.3 Å². The van der Waals surface area contributed by atoms with E-state index in [-0.39, 0.29) is 5.82 Å². The summed E-state index contributed by atoms with van der Waals surface area (Å²) in [5.74, 6) is -0.212. The molecule has 0 saturated heterocycles. The zero-order chi connectivity index (χ0) is 14.5. The van der Waals surface area contributed by atoms with Crippen molar-refractivity contribution in [1.82, 2.24) is 5.32 Å². The topological polar surface area (TPSA) is 32.3 Å². The van der Waals surface area contributed by atoms with E-state index < -0.39 is 6.10 Å². The summed E-state index contributed by atoms with van der Waals surface area (Å²) in [6.45, 7) is 2.86. The smallest absolute Gasteiger partial charge is 0.128 e. The van der Waals surface area contributed by atoms with Crippen LogP contribution in [0.4, 0.5) is 4.39 Å². The highest BCUT2D eigenvalue weighted by atomic mass is 79.9. The minimum atomic E-state index is -0.452. The first-order valence-electron chi connectivity index (χ1n) is 6.48. The molecular weight excluding hydrogens is 321 g/mol. The Bertz CT molecular complexity index is 549. The molecule has 0 bridgehead atoms. The predicted molar refractivity (Wildman–Crippen MR) is 81.7 cm³/mol. The largest absolute Gasteiger partial charge is 0.389 e. The van der Waals surface area contributed by atoms with Gasteiger partial charge in [-0.2, -0.15) is 0 Å². The number of aliphatic hydroxyl groups excluding tert-OH is 1. The van der Waals surface area contributed by atoms with Crippen LogP contribution in [-0.4, -0.2) is 5.11 Å². The highest BCUT2D eigenvalue weighted by Crippen LogP contribution is 2.19. The molecule has 106 valence electrons. The lowest BCUT2D eigenvalue weighted by atomic mass is 10.1. The maximum atomic E-state index is 13.6. The average Bonchev–Trinajstić information content (AvgIpc) is 2.42. The van der Waals surface area contributed by atoms with Crippen LogP contribution < -0.4 is 5.32 Å². The number of halogens is 2. The van der Waals surface area contributed by atoms with Crippen LogP contribution in [0.15, 0.2) is 46.9 Å². The first kappa shape index (κ1) is 15.2. The summed E-state index contributed by atoms with van der Waals surface area (Å²) in [4.78, 5) is 0. The van der Waals surface area contributed by atoms with Gasteiger partial charge in [-0.3, -0.25) is 0 Å². The molecule has 2 N–H and O–H groups in total. The summed E-state index contributed by atoms with van der Waals surface area (Å²) in [7, 11) is 0. The molecule has 0 heterocycles. The number of hydrogen-bond donors (Lipinski definition) is 2. The van der Waals surface area contributed by atoms with Crippen molar-refractivity contribution >= 4 is 15.9 Å². The maximum absolute atomic E-state index is 13.6. The molecule has 2 aromatic rings. The van der Waals surface area contributed by atoms with Gasteiger partial charge in [-0.25, -0.2) is 4.39 Å². The Kier molecular flexibility index (Phi) is 5.29. The van der Waals surface area contributed by atoms with Crippen LogP contribution in [-0.2, 0) is 13.1 Å². The fourth-order valence-corrected chi connectivity index (χ4v) is 2.43. The summed E-state index contributed by atoms with van der Waals surface area (Å²) < 4.78 is 14.4. The van der Waals surface area contributed by atoms with Crippen molar-refractivity contribution in [3.63, 3.8) is 0 Å². The Hall–Kier alpha value is -1.23. The van der Waals surface area contributed by atoms with Gasteiger partial charge in [-0.05, 0) is 30.2 Å². The molecule has 2 nitrogen and oxygen atoms in total. The Morgan fingerprint density at radius 3 is 2.45 bits per heavy atom. The van der Waals surface area contributed by atoms with E-state index >= 15 is 0 Å². The van der Waals surface area contributed by atoms with Crippen molar-refractivity contribution in [2.75, 3.05) is 0 Å². The summed E-state index contributed by atoms with van der Waals surface area (Å²) in [5, 5.41) is 12.7. The first-order valence-corrected chi connectivity index (χ1v) is 7.27. The molecule has 2 aromatic carbocycles. The van der Waals surface area contributed by atoms with E-state index in [0.717, 1.165) is 15.6 Å². The Labute approximate surface area is 126 Å². The molecule has 2 rings (SSSR count). The third-order valence-corrected chi connectivity index (χ3v) is 3.90. The summed E-state index contributed by atoms with van der Waals surface area (Å²) in [5.41, 5.74) is 2.63. The molecule has 4 heteroatoms. The van der Waals surface area contributed by atoms with E-state index in [2.05, 4.69) is 21.2 Å². The fourth-order valence-electron chi connectivity index (χ4n) is 1.95. The van der Waals surface area contributed by atoms with Gasteiger partial charge in [0.25, 0.3) is 0 Å². The monoisotopic (exact) mass is 337 g/mol. The van der Waals surface area contributed by atoms with Crippen molar-refractivity contribution in [2.45, 2.75) is 26.1 Å². The molecule has 0 aliphatic rings. The van der Waals surface area contributed by atoms with Crippen molar-refractivity contribution in [2.24, 2.45) is 0 Å². The van der Waals surface area contributed by atoms with E-state index in [4.69, 9.17) is 0 Å². The van der Waals surface area contributed by atoms with Crippen molar-refractivity contribution in [3.05, 3.63) is 69.4 Å². The van der Waals surface area contributed by atoms with E-state index in [1.54, 1.807) is 13.0 Å². The summed E-state index contributed by atoms with van der Waals surface area (Å²) in [6.07, 6.45) is -0.452. The van der Waals surface area contributed by atoms with Gasteiger partial charge >= 0.3 is 0 Å². The van der Waals surface area contributed by atoms with Gasteiger partial charge < -0.3 is 10.4 Å². The van der Waals surface area contributed by atoms with Crippen LogP contribution in [0.25, 0.3) is 0 Å². The zero-order valence-corrected chi connectivity index (χ0v) is 12.8. The van der Waals surface area contributed by atoms with Crippen LogP contribution in [0.3, 0.4) is 0 Å². The van der Waals surface area contributed by atoms with Crippen molar-refractivity contribution in [1.29, 1.82) is 0 Å². The van der Waals surface area contributed by atoms with Gasteiger partial charge in [-0.1, -0.05) is 46.3 Å². The highest BCUT2D eigenvalue weighted by molar-refractivity contribution is 9.10. The molecule has 0 aliphatic heterocycles. The second-order valence-corrected chi connectivity index (χ2v) is 5.58. The SMILES string of the molecule is C[C@H](O)c1ccc(CNCc2c(F)cccc2Br)cc1. The lowest BCUT2D eigenvalue weighted by Crippen LogP contribution is -2.14. The molecule has 0 saturated carbocycles. The highest BCUT2D eigenvalue weighted by Gasteiger charge is 2.06. The second-order valence-electron chi connectivity index (χ2n) is 4.72. The zero-order valence-electron chi connectivity index (χ0n) is 11.2. The molecule has 0 radical (unpaired) electrons. The summed E-state index contributed by atoms with van der Waals surface area (Å²) in [6, 6.07) is 12.7. The number of benzene rings is 2. The summed E-state index contributed by atoms with van der Waals surface area (Å²) >= 11 is 3.35. The van der Waals surface area contributed by atoms with Gasteiger partial charge in [0.1, 0.15) is 5.82 Å². The normalized spacial score (nSPS) is 12.4. The van der Waals surface area contributed by atoms with Crippen LogP contribution in [0.2, 0.25) is 0 Å². The Balaban J connectivity index is 1.93. The lowest BCUT2D eigenvalue weighted by Gasteiger charge is -2.09. The van der Waals surface area contributed by atoms with Crippen LogP contribution in [0.1, 0.15) is 29.7 Å². The van der Waals surface area contributed by atoms with Crippen molar-refractivity contribution in [3.8, 4) is 0 Å². The molecule has 0 amide bonds. The fraction of sp³-hybridized carbons (Fsp3) is 0.250. The van der Waals surface area contributed by atoms with Gasteiger partial charge in [0.05, 0.1) is 6.10 Å². The first-order chi connectivity index (χ1) is 9.58. The minimum Gasteiger partial charge on any atom is -0.389 e. The third-order valence-electron chi connectivity index (χ3n) is 3.15. The van der Waals surface area contributed by atoms with E-state index in [1.165, 1.54) is 6.07 Å². The number of nitrogens with one attached hydrogen (secondary N) is 1. The van der Waals surface area contributed by atoms with Gasteiger partial charge in [0.15, 0.2) is 0 Å². The van der Waals surface area contributed by atoms with Gasteiger partial charge in [-0.15, -0.1) is 0 Å². The molecule has 0 aliphatic carbocycles. The van der Waals surface area contributed by atoms with Crippen molar-refractivity contribution < 1.29 is 9.50 Å². The Morgan fingerprint density at radius 1 is 1.15 bits per heavy atom. The molecule has 0 unspecified atom stereocenters. The Morgan fingerprint density at radius 2 is 1.85 bits per heavy atom. The second kappa shape index (κ2) is 6.97. The van der Waals surface area contributed by atoms with Crippen LogP contribution in [0, 0.1) is 5.82 Å². The van der Waals surface area contributed by atoms with Gasteiger partial charge in [0.2, 0.25) is 0 Å². The average molecular weight is 338 g/mol. The number of rotatable bonds is 5. The number of aliphatic hydroxyl groups is 1. The molecular formula is C16H17BrFNO. The standard InChI is InChI=1S/C16H17BrFNO/c1-11(20)13-7-5-12(6-8-13)9-19-10-14-15(17)3-2-4-16(14)18/h2-8,11,19-20H,9-10H2,1H3/t11-/m0/s1. The molecule has 0 spiro atoms. The van der Waals surface area contributed by atoms with E-state index in [0.29, 0.717) is 18.7 Å². The lowest BCUT2D eigenvalue weighted by molar-refractivity contribution is 0.199. The molecule has 1 atom stereocenters. The molecule has 20 heavy (non-hydrogen) atoms. The van der Waals surface area contributed by atoms with Gasteiger partial charge in [0, 0.05) is 23.1 Å².